The van der Waals surface area contributed by atoms with E-state index in [2.05, 4.69) is 21.2 Å². The molecular formula is C13H12BrFN2O2S. The fraction of sp³-hybridized carbons (Fsp3) is 0.0769. The van der Waals surface area contributed by atoms with E-state index in [-0.39, 0.29) is 17.3 Å². The third kappa shape index (κ3) is 3.56. The molecule has 7 heteroatoms. The van der Waals surface area contributed by atoms with Crippen LogP contribution in [0, 0.1) is 5.82 Å². The Bertz CT molecular complexity index is 735. The van der Waals surface area contributed by atoms with E-state index in [0.29, 0.717) is 11.3 Å². The zero-order valence-electron chi connectivity index (χ0n) is 10.3. The molecule has 3 N–H and O–H groups in total. The lowest BCUT2D eigenvalue weighted by Crippen LogP contribution is -2.15. The van der Waals surface area contributed by atoms with Crippen molar-refractivity contribution in [3.63, 3.8) is 0 Å². The molecule has 0 saturated carbocycles. The molecule has 0 amide bonds. The highest BCUT2D eigenvalue weighted by atomic mass is 79.9. The second-order valence-electron chi connectivity index (χ2n) is 4.13. The predicted molar refractivity (Wildman–Crippen MR) is 79.2 cm³/mol. The lowest BCUT2D eigenvalue weighted by Gasteiger charge is -2.11. The molecule has 0 fully saturated rings. The average Bonchev–Trinajstić information content (AvgIpc) is 2.39. The summed E-state index contributed by atoms with van der Waals surface area (Å²) in [7, 11) is -3.80. The monoisotopic (exact) mass is 358 g/mol. The Labute approximate surface area is 125 Å². The average molecular weight is 359 g/mol. The normalized spacial score (nSPS) is 11.3. The molecule has 2 aromatic rings. The van der Waals surface area contributed by atoms with Crippen molar-refractivity contribution >= 4 is 31.6 Å². The lowest BCUT2D eigenvalue weighted by molar-refractivity contribution is 0.598. The molecule has 2 aromatic carbocycles. The van der Waals surface area contributed by atoms with Gasteiger partial charge < -0.3 is 5.32 Å². The van der Waals surface area contributed by atoms with Crippen molar-refractivity contribution in [1.82, 2.24) is 0 Å². The fourth-order valence-electron chi connectivity index (χ4n) is 1.73. The minimum absolute atomic E-state index is 0.00697. The Hall–Kier alpha value is -1.44. The molecule has 0 aliphatic rings. The van der Waals surface area contributed by atoms with E-state index >= 15 is 0 Å². The van der Waals surface area contributed by atoms with Crippen LogP contribution in [-0.4, -0.2) is 8.42 Å². The highest BCUT2D eigenvalue weighted by Crippen LogP contribution is 2.23. The fourth-order valence-corrected chi connectivity index (χ4v) is 2.83. The number of anilines is 1. The van der Waals surface area contributed by atoms with Crippen LogP contribution in [0.15, 0.2) is 51.8 Å². The summed E-state index contributed by atoms with van der Waals surface area (Å²) in [5.41, 5.74) is 1.06. The minimum atomic E-state index is -3.80. The number of rotatable bonds is 4. The molecule has 106 valence electrons. The summed E-state index contributed by atoms with van der Waals surface area (Å²) in [5, 5.41) is 8.09. The molecule has 2 rings (SSSR count). The Morgan fingerprint density at radius 3 is 2.60 bits per heavy atom. The molecule has 0 radical (unpaired) electrons. The Morgan fingerprint density at radius 1 is 1.20 bits per heavy atom. The van der Waals surface area contributed by atoms with Gasteiger partial charge in [0.25, 0.3) is 0 Å². The van der Waals surface area contributed by atoms with Crippen LogP contribution in [0.1, 0.15) is 5.56 Å². The van der Waals surface area contributed by atoms with Crippen LogP contribution in [-0.2, 0) is 16.6 Å². The molecule has 20 heavy (non-hydrogen) atoms. The highest BCUT2D eigenvalue weighted by molar-refractivity contribution is 9.10. The Kier molecular flexibility index (Phi) is 4.42. The van der Waals surface area contributed by atoms with Crippen molar-refractivity contribution in [3.05, 3.63) is 58.3 Å². The molecule has 0 spiro atoms. The summed E-state index contributed by atoms with van der Waals surface area (Å²) in [6, 6.07) is 10.6. The van der Waals surface area contributed by atoms with Crippen molar-refractivity contribution in [3.8, 4) is 0 Å². The first-order chi connectivity index (χ1) is 9.38. The van der Waals surface area contributed by atoms with Crippen LogP contribution in [0.25, 0.3) is 0 Å². The van der Waals surface area contributed by atoms with E-state index in [4.69, 9.17) is 5.14 Å². The van der Waals surface area contributed by atoms with E-state index in [1.165, 1.54) is 18.2 Å². The van der Waals surface area contributed by atoms with Gasteiger partial charge in [-0.05, 0) is 35.9 Å². The topological polar surface area (TPSA) is 72.2 Å². The van der Waals surface area contributed by atoms with Gasteiger partial charge in [-0.25, -0.2) is 17.9 Å². The van der Waals surface area contributed by atoms with E-state index in [0.717, 1.165) is 4.47 Å². The zero-order chi connectivity index (χ0) is 14.8. The third-order valence-electron chi connectivity index (χ3n) is 2.67. The largest absolute Gasteiger partial charge is 0.380 e. The minimum Gasteiger partial charge on any atom is -0.380 e. The Morgan fingerprint density at radius 2 is 1.90 bits per heavy atom. The standard InChI is InChI=1S/C13H12BrFN2O2S/c14-11-6-5-10(15)7-9(11)8-17-12-3-1-2-4-13(12)20(16,18)19/h1-7,17H,8H2,(H2,16,18,19). The van der Waals surface area contributed by atoms with Gasteiger partial charge in [0.05, 0.1) is 5.69 Å². The SMILES string of the molecule is NS(=O)(=O)c1ccccc1NCc1cc(F)ccc1Br. The van der Waals surface area contributed by atoms with Crippen molar-refractivity contribution in [2.24, 2.45) is 5.14 Å². The maximum Gasteiger partial charge on any atom is 0.240 e. The number of para-hydroxylation sites is 1. The number of primary sulfonamides is 1. The molecule has 0 unspecified atom stereocenters. The first-order valence-electron chi connectivity index (χ1n) is 5.67. The highest BCUT2D eigenvalue weighted by Gasteiger charge is 2.13. The van der Waals surface area contributed by atoms with Crippen molar-refractivity contribution in [2.75, 3.05) is 5.32 Å². The summed E-state index contributed by atoms with van der Waals surface area (Å²) in [5.74, 6) is -0.357. The van der Waals surface area contributed by atoms with Gasteiger partial charge >= 0.3 is 0 Å². The molecule has 0 aromatic heterocycles. The molecule has 0 heterocycles. The van der Waals surface area contributed by atoms with Gasteiger partial charge in [0, 0.05) is 11.0 Å². The van der Waals surface area contributed by atoms with Crippen molar-refractivity contribution < 1.29 is 12.8 Å². The molecule has 4 nitrogen and oxygen atoms in total. The summed E-state index contributed by atoms with van der Waals surface area (Å²) in [6.07, 6.45) is 0. The smallest absolute Gasteiger partial charge is 0.240 e. The van der Waals surface area contributed by atoms with Crippen LogP contribution in [0.5, 0.6) is 0 Å². The van der Waals surface area contributed by atoms with Crippen LogP contribution in [0.3, 0.4) is 0 Å². The zero-order valence-corrected chi connectivity index (χ0v) is 12.7. The summed E-state index contributed by atoms with van der Waals surface area (Å²) < 4.78 is 36.8. The molecule has 0 aliphatic carbocycles. The lowest BCUT2D eigenvalue weighted by atomic mass is 10.2. The predicted octanol–water partition coefficient (Wildman–Crippen LogP) is 2.85. The van der Waals surface area contributed by atoms with Crippen LogP contribution in [0.2, 0.25) is 0 Å². The quantitative estimate of drug-likeness (QED) is 0.882. The molecule has 0 atom stereocenters. The van der Waals surface area contributed by atoms with E-state index in [1.807, 2.05) is 0 Å². The van der Waals surface area contributed by atoms with Crippen LogP contribution >= 0.6 is 15.9 Å². The van der Waals surface area contributed by atoms with Crippen LogP contribution in [0.4, 0.5) is 10.1 Å². The number of nitrogens with two attached hydrogens (primary N) is 1. The number of nitrogens with one attached hydrogen (secondary N) is 1. The van der Waals surface area contributed by atoms with Gasteiger partial charge in [0.2, 0.25) is 10.0 Å². The third-order valence-corrected chi connectivity index (χ3v) is 4.41. The van der Waals surface area contributed by atoms with Crippen molar-refractivity contribution in [1.29, 1.82) is 0 Å². The first kappa shape index (κ1) is 15.0. The van der Waals surface area contributed by atoms with Gasteiger partial charge in [-0.1, -0.05) is 28.1 Å². The van der Waals surface area contributed by atoms with Gasteiger partial charge in [-0.15, -0.1) is 0 Å². The van der Waals surface area contributed by atoms with Gasteiger partial charge in [0.15, 0.2) is 0 Å². The van der Waals surface area contributed by atoms with E-state index in [9.17, 15) is 12.8 Å². The van der Waals surface area contributed by atoms with E-state index < -0.39 is 10.0 Å². The number of halogens is 2. The Balaban J connectivity index is 2.26. The first-order valence-corrected chi connectivity index (χ1v) is 8.01. The molecule has 0 aliphatic heterocycles. The molecular weight excluding hydrogens is 347 g/mol. The molecule has 0 saturated heterocycles. The maximum absolute atomic E-state index is 13.2. The second kappa shape index (κ2) is 5.90. The molecule has 0 bridgehead atoms. The number of hydrogen-bond acceptors (Lipinski definition) is 3. The summed E-state index contributed by atoms with van der Waals surface area (Å²) >= 11 is 3.31. The number of hydrogen-bond donors (Lipinski definition) is 2. The summed E-state index contributed by atoms with van der Waals surface area (Å²) in [4.78, 5) is 0.00697. The van der Waals surface area contributed by atoms with Gasteiger partial charge in [-0.2, -0.15) is 0 Å². The van der Waals surface area contributed by atoms with E-state index in [1.54, 1.807) is 24.3 Å². The second-order valence-corrected chi connectivity index (χ2v) is 6.51. The van der Waals surface area contributed by atoms with Gasteiger partial charge in [-0.3, -0.25) is 0 Å². The van der Waals surface area contributed by atoms with Crippen molar-refractivity contribution in [2.45, 2.75) is 11.4 Å². The number of benzene rings is 2. The van der Waals surface area contributed by atoms with Crippen LogP contribution < -0.4 is 10.5 Å². The maximum atomic E-state index is 13.2. The number of sulfonamides is 1. The summed E-state index contributed by atoms with van der Waals surface area (Å²) in [6.45, 7) is 0.269. The van der Waals surface area contributed by atoms with Gasteiger partial charge in [0.1, 0.15) is 10.7 Å².